The Morgan fingerprint density at radius 2 is 1.27 bits per heavy atom. The number of carbonyl (C=O) groups excluding carboxylic acids is 5. The average Bonchev–Trinajstić information content (AvgIpc) is 3.36. The highest BCUT2D eigenvalue weighted by Gasteiger charge is 2.60. The maximum absolute atomic E-state index is 12.5. The van der Waals surface area contributed by atoms with Crippen molar-refractivity contribution < 1.29 is 76.1 Å². The van der Waals surface area contributed by atoms with Crippen LogP contribution in [0.25, 0.3) is 0 Å². The van der Waals surface area contributed by atoms with Crippen LogP contribution >= 0.6 is 11.6 Å². The van der Waals surface area contributed by atoms with Gasteiger partial charge in [0.25, 0.3) is 0 Å². The van der Waals surface area contributed by atoms with Crippen molar-refractivity contribution >= 4 is 41.4 Å². The molecule has 3 aliphatic rings. The van der Waals surface area contributed by atoms with Gasteiger partial charge in [0.05, 0.1) is 6.61 Å². The van der Waals surface area contributed by atoms with Crippen LogP contribution in [0, 0.1) is 0 Å². The number of hydrogen-bond acceptors (Lipinski definition) is 16. The van der Waals surface area contributed by atoms with E-state index < -0.39 is 110 Å². The largest absolute Gasteiger partial charge is 0.463 e. The van der Waals surface area contributed by atoms with Crippen molar-refractivity contribution in [3.05, 3.63) is 35.9 Å². The van der Waals surface area contributed by atoms with Gasteiger partial charge in [0.1, 0.15) is 49.6 Å². The summed E-state index contributed by atoms with van der Waals surface area (Å²) in [5.41, 5.74) is 0.753. The summed E-state index contributed by atoms with van der Waals surface area (Å²) >= 11 is 5.62. The number of ether oxygens (including phenoxy) is 11. The number of alkyl halides is 1. The van der Waals surface area contributed by atoms with Crippen molar-refractivity contribution in [2.75, 3.05) is 19.1 Å². The zero-order chi connectivity index (χ0) is 35.9. The summed E-state index contributed by atoms with van der Waals surface area (Å²) in [5.74, 6) is -5.27. The second-order valence-electron chi connectivity index (χ2n) is 11.9. The van der Waals surface area contributed by atoms with E-state index in [0.29, 0.717) is 0 Å². The topological polar surface area (TPSA) is 187 Å². The van der Waals surface area contributed by atoms with Gasteiger partial charge in [-0.15, -0.1) is 11.6 Å². The monoisotopic (exact) mass is 716 g/mol. The summed E-state index contributed by atoms with van der Waals surface area (Å²) in [7, 11) is 0. The Kier molecular flexibility index (Phi) is 13.3. The molecule has 0 saturated carbocycles. The van der Waals surface area contributed by atoms with E-state index in [0.717, 1.165) is 19.4 Å². The highest BCUT2D eigenvalue weighted by Crippen LogP contribution is 2.41. The first kappa shape index (κ1) is 38.4. The molecule has 0 aromatic heterocycles. The summed E-state index contributed by atoms with van der Waals surface area (Å²) in [6.45, 7) is 7.11. The minimum Gasteiger partial charge on any atom is -0.463 e. The lowest BCUT2D eigenvalue weighted by Crippen LogP contribution is -2.66. The van der Waals surface area contributed by atoms with E-state index >= 15 is 0 Å². The summed E-state index contributed by atoms with van der Waals surface area (Å²) < 4.78 is 64.4. The molecule has 49 heavy (non-hydrogen) atoms. The highest BCUT2D eigenvalue weighted by molar-refractivity contribution is 6.26. The van der Waals surface area contributed by atoms with E-state index in [1.54, 1.807) is 38.1 Å². The lowest BCUT2D eigenvalue weighted by Gasteiger charge is -2.47. The molecule has 3 aliphatic heterocycles. The van der Waals surface area contributed by atoms with Gasteiger partial charge in [-0.2, -0.15) is 0 Å². The fourth-order valence-electron chi connectivity index (χ4n) is 5.67. The second kappa shape index (κ2) is 17.0. The number of halogens is 1. The maximum Gasteiger partial charge on any atom is 0.320 e. The molecule has 272 valence electrons. The standard InChI is InChI=1S/C32H41ClO16/c1-16(34)39-14-21-24(26(42-17(2)35)28(43-18(3)36)30(45-21)41-13-20-10-8-7-9-11-20)47-31-29(44-19(4)37)27-25(48-32(5,6)49-27)22(46-31)15-40-23(38)12-33/h7-11,21-22,24-31H,12-15H2,1-6H3/t21-,22-,24-,25+,26+,27+,28-,29-,30-,31+/m1/s1. The normalized spacial score (nSPS) is 31.9. The first-order chi connectivity index (χ1) is 23.2. The van der Waals surface area contributed by atoms with Crippen molar-refractivity contribution in [1.82, 2.24) is 0 Å². The van der Waals surface area contributed by atoms with Gasteiger partial charge in [-0.1, -0.05) is 30.3 Å². The SMILES string of the molecule is CC(=O)OC[C@H]1O[C@@H](OCc2ccccc2)[C@H](OC(C)=O)[C@@H](OC(C)=O)[C@@H]1O[C@@H]1O[C@H](COC(=O)CCl)[C@@H]2OC(C)(C)O[C@@H]2[C@H]1OC(C)=O. The van der Waals surface area contributed by atoms with Crippen molar-refractivity contribution in [1.29, 1.82) is 0 Å². The van der Waals surface area contributed by atoms with Crippen molar-refractivity contribution in [2.24, 2.45) is 0 Å². The first-order valence-corrected chi connectivity index (χ1v) is 16.0. The molecule has 0 amide bonds. The Bertz CT molecular complexity index is 1320. The molecule has 10 atom stereocenters. The molecule has 0 aliphatic carbocycles. The molecule has 16 nitrogen and oxygen atoms in total. The number of benzene rings is 1. The molecule has 0 spiro atoms. The highest BCUT2D eigenvalue weighted by atomic mass is 35.5. The molecule has 3 saturated heterocycles. The van der Waals surface area contributed by atoms with Crippen LogP contribution in [-0.2, 0) is 82.7 Å². The quantitative estimate of drug-likeness (QED) is 0.163. The zero-order valence-corrected chi connectivity index (χ0v) is 28.7. The van der Waals surface area contributed by atoms with E-state index in [-0.39, 0.29) is 13.2 Å². The van der Waals surface area contributed by atoms with E-state index in [2.05, 4.69) is 0 Å². The third-order valence-electron chi connectivity index (χ3n) is 7.45. The maximum atomic E-state index is 12.5. The fraction of sp³-hybridized carbons (Fsp3) is 0.656. The minimum atomic E-state index is -1.52. The molecule has 3 fully saturated rings. The van der Waals surface area contributed by atoms with E-state index in [1.807, 2.05) is 6.07 Å². The number of esters is 5. The predicted molar refractivity (Wildman–Crippen MR) is 162 cm³/mol. The summed E-state index contributed by atoms with van der Waals surface area (Å²) in [6.07, 6.45) is -12.6. The van der Waals surface area contributed by atoms with Gasteiger partial charge >= 0.3 is 29.8 Å². The predicted octanol–water partition coefficient (Wildman–Crippen LogP) is 1.70. The molecule has 0 unspecified atom stereocenters. The van der Waals surface area contributed by atoms with Crippen LogP contribution in [0.2, 0.25) is 0 Å². The molecule has 3 heterocycles. The summed E-state index contributed by atoms with van der Waals surface area (Å²) in [4.78, 5) is 61.1. The van der Waals surface area contributed by atoms with Crippen LogP contribution in [0.1, 0.15) is 47.1 Å². The number of rotatable bonds is 13. The third kappa shape index (κ3) is 10.6. The Labute approximate surface area is 287 Å². The van der Waals surface area contributed by atoms with E-state index in [9.17, 15) is 24.0 Å². The van der Waals surface area contributed by atoms with Crippen LogP contribution < -0.4 is 0 Å². The molecule has 1 aromatic carbocycles. The second-order valence-corrected chi connectivity index (χ2v) is 12.2. The molecule has 4 rings (SSSR count). The summed E-state index contributed by atoms with van der Waals surface area (Å²) in [6, 6.07) is 9.03. The van der Waals surface area contributed by atoms with Crippen LogP contribution in [-0.4, -0.2) is 116 Å². The molecule has 1 aromatic rings. The van der Waals surface area contributed by atoms with Gasteiger partial charge in [-0.3, -0.25) is 24.0 Å². The smallest absolute Gasteiger partial charge is 0.320 e. The van der Waals surface area contributed by atoms with Crippen LogP contribution in [0.15, 0.2) is 30.3 Å². The first-order valence-electron chi connectivity index (χ1n) is 15.5. The van der Waals surface area contributed by atoms with Gasteiger partial charge in [0, 0.05) is 27.7 Å². The lowest BCUT2D eigenvalue weighted by molar-refractivity contribution is -0.356. The Morgan fingerprint density at radius 3 is 1.88 bits per heavy atom. The number of carbonyl (C=O) groups is 5. The Hall–Kier alpha value is -3.38. The van der Waals surface area contributed by atoms with Crippen LogP contribution in [0.5, 0.6) is 0 Å². The van der Waals surface area contributed by atoms with Gasteiger partial charge in [-0.25, -0.2) is 0 Å². The van der Waals surface area contributed by atoms with E-state index in [4.69, 9.17) is 63.7 Å². The molecule has 0 radical (unpaired) electrons. The third-order valence-corrected chi connectivity index (χ3v) is 7.66. The fourth-order valence-corrected chi connectivity index (χ4v) is 5.75. The van der Waals surface area contributed by atoms with Gasteiger partial charge in [-0.05, 0) is 19.4 Å². The Morgan fingerprint density at radius 1 is 0.694 bits per heavy atom. The molecule has 17 heteroatoms. The lowest BCUT2D eigenvalue weighted by atomic mass is 9.96. The van der Waals surface area contributed by atoms with Gasteiger partial charge < -0.3 is 52.1 Å². The van der Waals surface area contributed by atoms with Crippen LogP contribution in [0.4, 0.5) is 0 Å². The molecule has 0 bridgehead atoms. The average molecular weight is 717 g/mol. The van der Waals surface area contributed by atoms with Crippen molar-refractivity contribution in [3.8, 4) is 0 Å². The molecular weight excluding hydrogens is 676 g/mol. The zero-order valence-electron chi connectivity index (χ0n) is 27.9. The summed E-state index contributed by atoms with van der Waals surface area (Å²) in [5, 5.41) is 0. The van der Waals surface area contributed by atoms with E-state index in [1.165, 1.54) is 13.8 Å². The van der Waals surface area contributed by atoms with Crippen LogP contribution in [0.3, 0.4) is 0 Å². The molecular formula is C32H41ClO16. The number of fused-ring (bicyclic) bond motifs is 1. The molecule has 0 N–H and O–H groups in total. The minimum absolute atomic E-state index is 0.00102. The number of hydrogen-bond donors (Lipinski definition) is 0. The van der Waals surface area contributed by atoms with Crippen molar-refractivity contribution in [3.63, 3.8) is 0 Å². The van der Waals surface area contributed by atoms with Crippen molar-refractivity contribution in [2.45, 2.75) is 115 Å². The van der Waals surface area contributed by atoms with Gasteiger partial charge in [0.15, 0.2) is 36.7 Å². The van der Waals surface area contributed by atoms with Gasteiger partial charge in [0.2, 0.25) is 0 Å². The Balaban J connectivity index is 1.73.